The van der Waals surface area contributed by atoms with Crippen molar-refractivity contribution in [3.8, 4) is 0 Å². The summed E-state index contributed by atoms with van der Waals surface area (Å²) >= 11 is 5.88. The van der Waals surface area contributed by atoms with E-state index in [1.54, 1.807) is 17.0 Å². The second kappa shape index (κ2) is 8.06. The van der Waals surface area contributed by atoms with Crippen molar-refractivity contribution < 1.29 is 14.3 Å². The first kappa shape index (κ1) is 19.8. The van der Waals surface area contributed by atoms with E-state index in [0.29, 0.717) is 30.2 Å². The molecule has 0 unspecified atom stereocenters. The molecule has 2 aromatic carbocycles. The number of benzene rings is 2. The number of rotatable bonds is 5. The summed E-state index contributed by atoms with van der Waals surface area (Å²) in [6, 6.07) is 10.2. The second-order valence-corrected chi connectivity index (χ2v) is 7.71. The molecule has 0 radical (unpaired) electrons. The molecule has 3 N–H and O–H groups in total. The molecule has 2 aliphatic rings. The molecular weight excluding hydrogens is 397 g/mol. The van der Waals surface area contributed by atoms with Gasteiger partial charge in [-0.05, 0) is 37.3 Å². The third-order valence-electron chi connectivity index (χ3n) is 5.59. The number of anilines is 3. The lowest BCUT2D eigenvalue weighted by Crippen LogP contribution is -2.54. The molecule has 9 heteroatoms. The molecule has 4 rings (SSSR count). The Morgan fingerprint density at radius 1 is 1.31 bits per heavy atom. The van der Waals surface area contributed by atoms with Crippen LogP contribution in [-0.4, -0.2) is 48.7 Å². The number of nitrogens with zero attached hydrogens (tertiary/aromatic N) is 3. The number of aliphatic hydroxyl groups excluding tert-OH is 1. The minimum atomic E-state index is -0.354. The van der Waals surface area contributed by atoms with E-state index >= 15 is 0 Å². The van der Waals surface area contributed by atoms with Gasteiger partial charge >= 0.3 is 0 Å². The summed E-state index contributed by atoms with van der Waals surface area (Å²) in [5.41, 5.74) is 9.50. The number of amides is 1. The van der Waals surface area contributed by atoms with Gasteiger partial charge in [-0.2, -0.15) is 0 Å². The molecule has 0 aromatic heterocycles. The van der Waals surface area contributed by atoms with E-state index in [2.05, 4.69) is 15.9 Å². The van der Waals surface area contributed by atoms with Crippen molar-refractivity contribution in [1.82, 2.24) is 10.4 Å². The molecule has 0 aliphatic carbocycles. The largest absolute Gasteiger partial charge is 0.394 e. The Hall–Kier alpha value is -2.55. The fourth-order valence-electron chi connectivity index (χ4n) is 3.89. The Balaban J connectivity index is 1.59. The van der Waals surface area contributed by atoms with Crippen molar-refractivity contribution in [2.45, 2.75) is 19.0 Å². The minimum Gasteiger partial charge on any atom is -0.394 e. The highest BCUT2D eigenvalue weighted by atomic mass is 35.5. The maximum Gasteiger partial charge on any atom is 0.210 e. The van der Waals surface area contributed by atoms with Gasteiger partial charge in [0.05, 0.1) is 30.1 Å². The summed E-state index contributed by atoms with van der Waals surface area (Å²) in [5, 5.41) is 11.8. The molecule has 29 heavy (non-hydrogen) atoms. The lowest BCUT2D eigenvalue weighted by molar-refractivity contribution is -0.121. The minimum absolute atomic E-state index is 0.0811. The SMILES string of the molecule is C[C@H](c1ccc(Cl)cc1F)N1NNc2ccc(N3CCN(C=O)[C@H](CO)C3)cc21. The molecule has 2 aromatic rings. The molecule has 2 atom stereocenters. The summed E-state index contributed by atoms with van der Waals surface area (Å²) in [7, 11) is 0. The van der Waals surface area contributed by atoms with Gasteiger partial charge in [-0.3, -0.25) is 9.80 Å². The Morgan fingerprint density at radius 2 is 2.14 bits per heavy atom. The van der Waals surface area contributed by atoms with Crippen LogP contribution in [0.2, 0.25) is 5.02 Å². The fraction of sp³-hybridized carbons (Fsp3) is 0.350. The molecule has 2 aliphatic heterocycles. The zero-order valence-corrected chi connectivity index (χ0v) is 16.7. The fourth-order valence-corrected chi connectivity index (χ4v) is 4.05. The highest BCUT2D eigenvalue weighted by molar-refractivity contribution is 6.30. The Labute approximate surface area is 173 Å². The lowest BCUT2D eigenvalue weighted by Gasteiger charge is -2.40. The number of carbonyl (C=O) groups excluding carboxylic acids is 1. The van der Waals surface area contributed by atoms with Crippen molar-refractivity contribution in [3.05, 3.63) is 52.8 Å². The Kier molecular flexibility index (Phi) is 5.49. The number of hydrogen-bond donors (Lipinski definition) is 3. The molecule has 7 nitrogen and oxygen atoms in total. The van der Waals surface area contributed by atoms with Crippen molar-refractivity contribution in [2.24, 2.45) is 0 Å². The normalized spacial score (nSPS) is 19.7. The predicted molar refractivity (Wildman–Crippen MR) is 111 cm³/mol. The van der Waals surface area contributed by atoms with Crippen LogP contribution in [0.15, 0.2) is 36.4 Å². The van der Waals surface area contributed by atoms with Gasteiger partial charge in [0.15, 0.2) is 0 Å². The van der Waals surface area contributed by atoms with Crippen LogP contribution in [0.3, 0.4) is 0 Å². The number of hydrazine groups is 2. The molecule has 1 saturated heterocycles. The Bertz CT molecular complexity index is 914. The second-order valence-electron chi connectivity index (χ2n) is 7.28. The first-order valence-electron chi connectivity index (χ1n) is 9.48. The molecule has 1 amide bonds. The highest BCUT2D eigenvalue weighted by Crippen LogP contribution is 2.38. The number of piperazine rings is 1. The van der Waals surface area contributed by atoms with Gasteiger partial charge < -0.3 is 20.3 Å². The molecule has 1 fully saturated rings. The van der Waals surface area contributed by atoms with Crippen molar-refractivity contribution in [3.63, 3.8) is 0 Å². The smallest absolute Gasteiger partial charge is 0.210 e. The third kappa shape index (κ3) is 3.71. The van der Waals surface area contributed by atoms with E-state index in [1.165, 1.54) is 6.07 Å². The summed E-state index contributed by atoms with van der Waals surface area (Å²) in [5.74, 6) is -0.354. The maximum absolute atomic E-state index is 14.4. The average Bonchev–Trinajstić information content (AvgIpc) is 3.16. The van der Waals surface area contributed by atoms with Gasteiger partial charge in [0.25, 0.3) is 0 Å². The van der Waals surface area contributed by atoms with Gasteiger partial charge in [-0.15, -0.1) is 5.53 Å². The van der Waals surface area contributed by atoms with Crippen LogP contribution in [0.1, 0.15) is 18.5 Å². The molecule has 0 spiro atoms. The highest BCUT2D eigenvalue weighted by Gasteiger charge is 2.29. The zero-order valence-electron chi connectivity index (χ0n) is 16.0. The Morgan fingerprint density at radius 3 is 2.86 bits per heavy atom. The molecule has 2 heterocycles. The van der Waals surface area contributed by atoms with E-state index in [0.717, 1.165) is 23.5 Å². The lowest BCUT2D eigenvalue weighted by atomic mass is 10.1. The van der Waals surface area contributed by atoms with Gasteiger partial charge in [0.1, 0.15) is 5.82 Å². The molecular formula is C20H23ClFN5O2. The van der Waals surface area contributed by atoms with Crippen LogP contribution >= 0.6 is 11.6 Å². The van der Waals surface area contributed by atoms with E-state index in [1.807, 2.05) is 30.1 Å². The first-order chi connectivity index (χ1) is 14.0. The molecule has 154 valence electrons. The van der Waals surface area contributed by atoms with Gasteiger partial charge in [0, 0.05) is 35.9 Å². The van der Waals surface area contributed by atoms with Crippen LogP contribution in [0.5, 0.6) is 0 Å². The maximum atomic E-state index is 14.4. The van der Waals surface area contributed by atoms with Crippen LogP contribution in [0, 0.1) is 5.82 Å². The van der Waals surface area contributed by atoms with Crippen molar-refractivity contribution in [1.29, 1.82) is 0 Å². The number of aliphatic hydroxyl groups is 1. The number of carbonyl (C=O) groups is 1. The van der Waals surface area contributed by atoms with E-state index in [-0.39, 0.29) is 24.5 Å². The number of hydrogen-bond acceptors (Lipinski definition) is 6. The third-order valence-corrected chi connectivity index (χ3v) is 5.83. The van der Waals surface area contributed by atoms with Crippen LogP contribution in [-0.2, 0) is 4.79 Å². The monoisotopic (exact) mass is 419 g/mol. The van der Waals surface area contributed by atoms with Gasteiger partial charge in [-0.25, -0.2) is 4.39 Å². The number of fused-ring (bicyclic) bond motifs is 1. The topological polar surface area (TPSA) is 71.1 Å². The molecule has 0 saturated carbocycles. The van der Waals surface area contributed by atoms with Crippen molar-refractivity contribution in [2.75, 3.05) is 41.6 Å². The first-order valence-corrected chi connectivity index (χ1v) is 9.86. The van der Waals surface area contributed by atoms with Gasteiger partial charge in [-0.1, -0.05) is 17.7 Å². The average molecular weight is 420 g/mol. The summed E-state index contributed by atoms with van der Waals surface area (Å²) in [6.07, 6.45) is 0.791. The van der Waals surface area contributed by atoms with Crippen LogP contribution in [0.25, 0.3) is 0 Å². The molecule has 0 bridgehead atoms. The summed E-state index contributed by atoms with van der Waals surface area (Å²) < 4.78 is 14.4. The number of nitrogens with one attached hydrogen (secondary N) is 2. The van der Waals surface area contributed by atoms with Crippen LogP contribution < -0.4 is 20.9 Å². The standard InChI is InChI=1S/C20H23ClFN5O2/c1-13(17-4-2-14(21)8-18(17)22)27-20-9-15(3-5-19(20)23-24-27)25-6-7-26(12-29)16(10-25)11-28/h2-5,8-9,12-13,16,23-24,28H,6-7,10-11H2,1H3/t13-,16+/m1/s1. The van der Waals surface area contributed by atoms with E-state index < -0.39 is 0 Å². The van der Waals surface area contributed by atoms with Crippen molar-refractivity contribution >= 4 is 35.1 Å². The van der Waals surface area contributed by atoms with E-state index in [9.17, 15) is 14.3 Å². The summed E-state index contributed by atoms with van der Waals surface area (Å²) in [4.78, 5) is 14.9. The quantitative estimate of drug-likeness (QED) is 0.647. The summed E-state index contributed by atoms with van der Waals surface area (Å²) in [6.45, 7) is 3.61. The van der Waals surface area contributed by atoms with Gasteiger partial charge in [0.2, 0.25) is 6.41 Å². The van der Waals surface area contributed by atoms with E-state index in [4.69, 9.17) is 11.6 Å². The zero-order chi connectivity index (χ0) is 20.5. The van der Waals surface area contributed by atoms with Crippen LogP contribution in [0.4, 0.5) is 21.5 Å². The predicted octanol–water partition coefficient (Wildman–Crippen LogP) is 2.53. The number of halogens is 2.